The van der Waals surface area contributed by atoms with E-state index in [1.54, 1.807) is 0 Å². The van der Waals surface area contributed by atoms with Gasteiger partial charge in [-0.05, 0) is 23.8 Å². The number of aromatic nitrogens is 3. The zero-order valence-corrected chi connectivity index (χ0v) is 19.9. The van der Waals surface area contributed by atoms with Crippen LogP contribution in [0, 0.1) is 0 Å². The van der Waals surface area contributed by atoms with Crippen molar-refractivity contribution in [2.24, 2.45) is 0 Å². The van der Waals surface area contributed by atoms with E-state index in [2.05, 4.69) is 15.6 Å². The van der Waals surface area contributed by atoms with E-state index in [0.717, 1.165) is 39.0 Å². The van der Waals surface area contributed by atoms with E-state index in [1.165, 1.54) is 6.92 Å². The molecule has 180 valence electrons. The Morgan fingerprint density at radius 1 is 0.917 bits per heavy atom. The number of fused-ring (bicyclic) bond motifs is 1. The average Bonchev–Trinajstić information content (AvgIpc) is 3.52. The van der Waals surface area contributed by atoms with Crippen LogP contribution in [0.25, 0.3) is 27.8 Å². The number of nitrogens with zero attached hydrogens (tertiary/aromatic N) is 2. The Bertz CT molecular complexity index is 1490. The van der Waals surface area contributed by atoms with Crippen LogP contribution >= 0.6 is 0 Å². The quantitative estimate of drug-likeness (QED) is 0.310. The van der Waals surface area contributed by atoms with Gasteiger partial charge in [0.05, 0.1) is 11.4 Å². The number of carbonyl (C=O) groups excluding carboxylic acids is 2. The molecule has 3 N–H and O–H groups in total. The molecular formula is C29H27N5O2. The highest BCUT2D eigenvalue weighted by molar-refractivity contribution is 5.89. The van der Waals surface area contributed by atoms with Crippen LogP contribution in [0.2, 0.25) is 0 Å². The first-order chi connectivity index (χ1) is 17.6. The third kappa shape index (κ3) is 5.05. The van der Waals surface area contributed by atoms with Gasteiger partial charge in [-0.3, -0.25) is 9.59 Å². The van der Waals surface area contributed by atoms with Crippen LogP contribution in [-0.4, -0.2) is 32.6 Å². The van der Waals surface area contributed by atoms with E-state index in [0.29, 0.717) is 6.42 Å². The van der Waals surface area contributed by atoms with Crippen LogP contribution in [0.3, 0.4) is 0 Å². The molecule has 1 atom stereocenters. The second-order valence-corrected chi connectivity index (χ2v) is 8.68. The third-order valence-electron chi connectivity index (χ3n) is 6.10. The lowest BCUT2D eigenvalue weighted by Gasteiger charge is -2.17. The van der Waals surface area contributed by atoms with Gasteiger partial charge in [0.15, 0.2) is 0 Å². The van der Waals surface area contributed by atoms with E-state index < -0.39 is 6.04 Å². The molecule has 0 radical (unpaired) electrons. The second kappa shape index (κ2) is 10.3. The van der Waals surface area contributed by atoms with Gasteiger partial charge < -0.3 is 15.6 Å². The molecule has 0 aliphatic carbocycles. The summed E-state index contributed by atoms with van der Waals surface area (Å²) in [7, 11) is 0. The van der Waals surface area contributed by atoms with Gasteiger partial charge in [0.1, 0.15) is 6.04 Å². The molecule has 7 heteroatoms. The average molecular weight is 478 g/mol. The number of aromatic amines is 1. The van der Waals surface area contributed by atoms with Crippen molar-refractivity contribution >= 4 is 22.7 Å². The Morgan fingerprint density at radius 3 is 2.36 bits per heavy atom. The summed E-state index contributed by atoms with van der Waals surface area (Å²) in [5.41, 5.74) is 5.55. The molecule has 36 heavy (non-hydrogen) atoms. The molecule has 0 saturated carbocycles. The van der Waals surface area contributed by atoms with Gasteiger partial charge in [0, 0.05) is 54.3 Å². The highest BCUT2D eigenvalue weighted by Crippen LogP contribution is 2.24. The van der Waals surface area contributed by atoms with Crippen LogP contribution in [0.4, 0.5) is 0 Å². The van der Waals surface area contributed by atoms with Gasteiger partial charge in [-0.15, -0.1) is 0 Å². The van der Waals surface area contributed by atoms with Crippen molar-refractivity contribution in [3.63, 3.8) is 0 Å². The van der Waals surface area contributed by atoms with Gasteiger partial charge in [-0.2, -0.15) is 5.10 Å². The first-order valence-electron chi connectivity index (χ1n) is 11.9. The molecule has 5 aromatic rings. The number of hydrogen-bond acceptors (Lipinski definition) is 3. The van der Waals surface area contributed by atoms with E-state index in [-0.39, 0.29) is 18.4 Å². The van der Waals surface area contributed by atoms with Crippen LogP contribution in [0.1, 0.15) is 18.1 Å². The molecule has 2 heterocycles. The maximum Gasteiger partial charge on any atom is 0.243 e. The standard InChI is InChI=1S/C29H27N5O2/c1-20(35)32-27(16-22-17-30-26-15-9-8-14-25(22)26)29(36)31-18-23-19-34(24-12-6-3-7-13-24)33-28(23)21-10-4-2-5-11-21/h2-15,17,19,27,30H,16,18H2,1H3,(H,31,36)(H,32,35)/t27-/m0/s1. The van der Waals surface area contributed by atoms with Crippen molar-refractivity contribution in [1.82, 2.24) is 25.4 Å². The summed E-state index contributed by atoms with van der Waals surface area (Å²) in [6, 6.07) is 27.0. The fraction of sp³-hybridized carbons (Fsp3) is 0.138. The number of benzene rings is 3. The van der Waals surface area contributed by atoms with Crippen molar-refractivity contribution in [2.45, 2.75) is 25.9 Å². The first kappa shape index (κ1) is 23.1. The molecule has 0 bridgehead atoms. The summed E-state index contributed by atoms with van der Waals surface area (Å²) in [5, 5.41) is 11.7. The largest absolute Gasteiger partial charge is 0.361 e. The number of para-hydroxylation sites is 2. The predicted octanol–water partition coefficient (Wildman–Crippen LogP) is 4.38. The molecule has 2 amide bonds. The summed E-state index contributed by atoms with van der Waals surface area (Å²) in [6.07, 6.45) is 4.21. The number of amides is 2. The van der Waals surface area contributed by atoms with E-state index in [1.807, 2.05) is 102 Å². The van der Waals surface area contributed by atoms with Crippen molar-refractivity contribution in [2.75, 3.05) is 0 Å². The summed E-state index contributed by atoms with van der Waals surface area (Å²) in [4.78, 5) is 28.4. The van der Waals surface area contributed by atoms with Gasteiger partial charge in [0.25, 0.3) is 0 Å². The zero-order valence-electron chi connectivity index (χ0n) is 19.9. The fourth-order valence-electron chi connectivity index (χ4n) is 4.37. The Hall–Kier alpha value is -4.65. The molecule has 0 spiro atoms. The molecule has 3 aromatic carbocycles. The Morgan fingerprint density at radius 2 is 1.61 bits per heavy atom. The van der Waals surface area contributed by atoms with Gasteiger partial charge in [-0.1, -0.05) is 66.7 Å². The smallest absolute Gasteiger partial charge is 0.243 e. The summed E-state index contributed by atoms with van der Waals surface area (Å²) in [5.74, 6) is -0.501. The summed E-state index contributed by atoms with van der Waals surface area (Å²) < 4.78 is 1.82. The molecule has 5 rings (SSSR count). The lowest BCUT2D eigenvalue weighted by molar-refractivity contribution is -0.128. The van der Waals surface area contributed by atoms with Gasteiger partial charge >= 0.3 is 0 Å². The maximum atomic E-state index is 13.3. The van der Waals surface area contributed by atoms with Crippen molar-refractivity contribution in [3.8, 4) is 16.9 Å². The molecule has 0 saturated heterocycles. The molecule has 2 aromatic heterocycles. The number of H-pyrrole nitrogens is 1. The van der Waals surface area contributed by atoms with Gasteiger partial charge in [-0.25, -0.2) is 4.68 Å². The Balaban J connectivity index is 1.39. The molecule has 7 nitrogen and oxygen atoms in total. The molecule has 0 aliphatic rings. The van der Waals surface area contributed by atoms with Crippen LogP contribution in [-0.2, 0) is 22.6 Å². The van der Waals surface area contributed by atoms with E-state index in [4.69, 9.17) is 5.10 Å². The number of nitrogens with one attached hydrogen (secondary N) is 3. The van der Waals surface area contributed by atoms with Crippen LogP contribution < -0.4 is 10.6 Å². The Labute approximate surface area is 209 Å². The minimum absolute atomic E-state index is 0.248. The number of rotatable bonds is 8. The maximum absolute atomic E-state index is 13.3. The predicted molar refractivity (Wildman–Crippen MR) is 140 cm³/mol. The monoisotopic (exact) mass is 477 g/mol. The van der Waals surface area contributed by atoms with Crippen LogP contribution in [0.15, 0.2) is 97.3 Å². The first-order valence-corrected chi connectivity index (χ1v) is 11.9. The molecule has 0 unspecified atom stereocenters. The summed E-state index contributed by atoms with van der Waals surface area (Å²) in [6.45, 7) is 1.70. The lowest BCUT2D eigenvalue weighted by atomic mass is 10.0. The highest BCUT2D eigenvalue weighted by atomic mass is 16.2. The topological polar surface area (TPSA) is 91.8 Å². The van der Waals surface area contributed by atoms with Gasteiger partial charge in [0.2, 0.25) is 11.8 Å². The lowest BCUT2D eigenvalue weighted by Crippen LogP contribution is -2.47. The van der Waals surface area contributed by atoms with E-state index >= 15 is 0 Å². The minimum atomic E-state index is -0.703. The van der Waals surface area contributed by atoms with Crippen molar-refractivity contribution < 1.29 is 9.59 Å². The molecule has 0 aliphatic heterocycles. The summed E-state index contributed by atoms with van der Waals surface area (Å²) >= 11 is 0. The molecular weight excluding hydrogens is 450 g/mol. The normalized spacial score (nSPS) is 11.8. The van der Waals surface area contributed by atoms with Crippen molar-refractivity contribution in [1.29, 1.82) is 0 Å². The van der Waals surface area contributed by atoms with E-state index in [9.17, 15) is 9.59 Å². The number of carbonyl (C=O) groups is 2. The molecule has 0 fully saturated rings. The number of hydrogen-bond donors (Lipinski definition) is 3. The second-order valence-electron chi connectivity index (χ2n) is 8.68. The van der Waals surface area contributed by atoms with Crippen LogP contribution in [0.5, 0.6) is 0 Å². The fourth-order valence-corrected chi connectivity index (χ4v) is 4.37. The third-order valence-corrected chi connectivity index (χ3v) is 6.10. The SMILES string of the molecule is CC(=O)N[C@@H](Cc1c[nH]c2ccccc12)C(=O)NCc1cn(-c2ccccc2)nc1-c1ccccc1. The van der Waals surface area contributed by atoms with Crippen molar-refractivity contribution in [3.05, 3.63) is 108 Å². The highest BCUT2D eigenvalue weighted by Gasteiger charge is 2.22. The Kier molecular flexibility index (Phi) is 6.62. The zero-order chi connectivity index (χ0) is 24.9. The minimum Gasteiger partial charge on any atom is -0.361 e.